The van der Waals surface area contributed by atoms with Gasteiger partial charge in [0.25, 0.3) is 0 Å². The molecule has 0 aromatic carbocycles. The molecule has 1 unspecified atom stereocenters. The quantitative estimate of drug-likeness (QED) is 0.677. The Morgan fingerprint density at radius 3 is 2.75 bits per heavy atom. The Bertz CT molecular complexity index is 502. The molecule has 0 saturated carbocycles. The average Bonchev–Trinajstić information content (AvgIpc) is 3.02. The molecule has 2 heterocycles. The fraction of sp³-hybridized carbons (Fsp3) is 0.615. The van der Waals surface area contributed by atoms with Gasteiger partial charge in [-0.2, -0.15) is 0 Å². The lowest BCUT2D eigenvalue weighted by molar-refractivity contribution is 0.0607. The second kappa shape index (κ2) is 6.24. The van der Waals surface area contributed by atoms with Gasteiger partial charge in [0.2, 0.25) is 0 Å². The van der Waals surface area contributed by atoms with E-state index in [4.69, 9.17) is 10.5 Å². The van der Waals surface area contributed by atoms with Crippen molar-refractivity contribution in [1.29, 1.82) is 0 Å². The molecule has 0 amide bonds. The maximum Gasteiger partial charge on any atom is 0.350 e. The molecule has 1 aromatic rings. The van der Waals surface area contributed by atoms with Gasteiger partial charge < -0.3 is 20.3 Å². The summed E-state index contributed by atoms with van der Waals surface area (Å²) in [7, 11) is 5.59. The molecule has 2 rings (SSSR count). The number of carbonyl (C=O) groups excluding carboxylic acids is 1. The molecule has 1 aliphatic rings. The minimum atomic E-state index is -0.350. The molecule has 1 fully saturated rings. The normalized spacial score (nSPS) is 18.9. The summed E-state index contributed by atoms with van der Waals surface area (Å²) in [6.45, 7) is 1.97. The van der Waals surface area contributed by atoms with Gasteiger partial charge in [0.05, 0.1) is 17.7 Å². The monoisotopic (exact) mass is 315 g/mol. The lowest BCUT2D eigenvalue weighted by atomic mass is 10.2. The number of hydrogen-bond acceptors (Lipinski definition) is 7. The van der Waals surface area contributed by atoms with Gasteiger partial charge in [0.15, 0.2) is 0 Å². The Balaban J connectivity index is 2.30. The zero-order valence-corrected chi connectivity index (χ0v) is 13.9. The van der Waals surface area contributed by atoms with E-state index in [1.54, 1.807) is 11.8 Å². The Labute approximate surface area is 128 Å². The zero-order chi connectivity index (χ0) is 14.9. The van der Waals surface area contributed by atoms with Crippen LogP contribution >= 0.6 is 23.1 Å². The van der Waals surface area contributed by atoms with Crippen molar-refractivity contribution in [3.63, 3.8) is 0 Å². The van der Waals surface area contributed by atoms with Crippen molar-refractivity contribution in [3.05, 3.63) is 4.88 Å². The number of nitrogens with two attached hydrogens (primary N) is 1. The van der Waals surface area contributed by atoms with Crippen molar-refractivity contribution < 1.29 is 9.53 Å². The van der Waals surface area contributed by atoms with E-state index in [1.807, 2.05) is 6.26 Å². The van der Waals surface area contributed by atoms with Gasteiger partial charge in [-0.1, -0.05) is 0 Å². The van der Waals surface area contributed by atoms with Crippen LogP contribution in [0.25, 0.3) is 0 Å². The third-order valence-corrected chi connectivity index (χ3v) is 5.84. The fourth-order valence-electron chi connectivity index (χ4n) is 2.41. The minimum Gasteiger partial charge on any atom is -0.465 e. The van der Waals surface area contributed by atoms with Gasteiger partial charge in [-0.3, -0.25) is 0 Å². The van der Waals surface area contributed by atoms with Crippen molar-refractivity contribution in [3.8, 4) is 0 Å². The lowest BCUT2D eigenvalue weighted by Crippen LogP contribution is -2.31. The number of rotatable bonds is 4. The van der Waals surface area contributed by atoms with Gasteiger partial charge in [0, 0.05) is 19.1 Å². The van der Waals surface area contributed by atoms with E-state index in [2.05, 4.69) is 23.9 Å². The molecule has 2 N–H and O–H groups in total. The molecule has 1 atom stereocenters. The summed E-state index contributed by atoms with van der Waals surface area (Å²) in [6, 6.07) is 0.551. The highest BCUT2D eigenvalue weighted by Crippen LogP contribution is 2.45. The predicted octanol–water partition coefficient (Wildman–Crippen LogP) is 1.98. The molecule has 5 nitrogen and oxygen atoms in total. The van der Waals surface area contributed by atoms with E-state index in [0.717, 1.165) is 29.4 Å². The maximum absolute atomic E-state index is 11.8. The Hall–Kier alpha value is -0.920. The van der Waals surface area contributed by atoms with E-state index < -0.39 is 0 Å². The van der Waals surface area contributed by atoms with Crippen molar-refractivity contribution in [2.45, 2.75) is 17.4 Å². The van der Waals surface area contributed by atoms with Gasteiger partial charge in [-0.25, -0.2) is 4.79 Å². The van der Waals surface area contributed by atoms with Gasteiger partial charge in [-0.15, -0.1) is 23.1 Å². The molecular formula is C13H21N3O2S2. The standard InChI is InChI=1S/C13H21N3O2S2/c1-15(2)8-5-6-16(7-8)12-10(19-4)9(14)11(20-12)13(17)18-3/h8H,5-7,14H2,1-4H3. The van der Waals surface area contributed by atoms with Crippen LogP contribution < -0.4 is 10.6 Å². The molecule has 1 saturated heterocycles. The number of thiophene rings is 1. The number of methoxy groups -OCH3 is 1. The zero-order valence-electron chi connectivity index (χ0n) is 12.3. The largest absolute Gasteiger partial charge is 0.465 e. The first-order valence-corrected chi connectivity index (χ1v) is 8.49. The van der Waals surface area contributed by atoms with Crippen molar-refractivity contribution in [2.75, 3.05) is 51.2 Å². The van der Waals surface area contributed by atoms with E-state index in [9.17, 15) is 4.79 Å². The number of carbonyl (C=O) groups is 1. The summed E-state index contributed by atoms with van der Waals surface area (Å²) >= 11 is 3.03. The summed E-state index contributed by atoms with van der Waals surface area (Å²) in [5.41, 5.74) is 6.66. The number of hydrogen-bond donors (Lipinski definition) is 1. The van der Waals surface area contributed by atoms with E-state index in [0.29, 0.717) is 16.6 Å². The van der Waals surface area contributed by atoms with Gasteiger partial charge in [-0.05, 0) is 26.8 Å². The van der Waals surface area contributed by atoms with E-state index in [-0.39, 0.29) is 5.97 Å². The van der Waals surface area contributed by atoms with Crippen molar-refractivity contribution in [1.82, 2.24) is 4.90 Å². The molecule has 7 heteroatoms. The summed E-state index contributed by atoms with van der Waals surface area (Å²) in [6.07, 6.45) is 3.12. The predicted molar refractivity (Wildman–Crippen MR) is 86.2 cm³/mol. The number of anilines is 2. The molecular weight excluding hydrogens is 294 g/mol. The number of nitrogen functional groups attached to an aromatic ring is 1. The molecule has 0 spiro atoms. The second-order valence-corrected chi connectivity index (χ2v) is 6.84. The fourth-order valence-corrected chi connectivity index (χ4v) is 4.55. The maximum atomic E-state index is 11.8. The second-order valence-electron chi connectivity index (χ2n) is 5.03. The van der Waals surface area contributed by atoms with Crippen LogP contribution in [0.3, 0.4) is 0 Å². The van der Waals surface area contributed by atoms with Crippen LogP contribution in [0.2, 0.25) is 0 Å². The number of likely N-dealkylation sites (N-methyl/N-ethyl adjacent to an activating group) is 1. The first kappa shape index (κ1) is 15.5. The minimum absolute atomic E-state index is 0.350. The third kappa shape index (κ3) is 2.75. The average molecular weight is 315 g/mol. The van der Waals surface area contributed by atoms with Gasteiger partial charge >= 0.3 is 5.97 Å². The van der Waals surface area contributed by atoms with Crippen molar-refractivity contribution in [2.24, 2.45) is 0 Å². The van der Waals surface area contributed by atoms with Crippen LogP contribution in [0.15, 0.2) is 4.90 Å². The smallest absolute Gasteiger partial charge is 0.350 e. The van der Waals surface area contributed by atoms with Crippen LogP contribution in [-0.4, -0.2) is 57.5 Å². The van der Waals surface area contributed by atoms with Crippen molar-refractivity contribution >= 4 is 39.8 Å². The highest BCUT2D eigenvalue weighted by atomic mass is 32.2. The van der Waals surface area contributed by atoms with Crippen LogP contribution in [0.1, 0.15) is 16.1 Å². The van der Waals surface area contributed by atoms with Crippen LogP contribution in [-0.2, 0) is 4.74 Å². The Kier molecular flexibility index (Phi) is 4.82. The summed E-state index contributed by atoms with van der Waals surface area (Å²) in [5.74, 6) is -0.350. The van der Waals surface area contributed by atoms with Crippen LogP contribution in [0, 0.1) is 0 Å². The number of esters is 1. The molecule has 0 bridgehead atoms. The Morgan fingerprint density at radius 2 is 2.25 bits per heavy atom. The van der Waals surface area contributed by atoms with Crippen LogP contribution in [0.5, 0.6) is 0 Å². The summed E-state index contributed by atoms with van der Waals surface area (Å²) < 4.78 is 4.81. The number of nitrogens with zero attached hydrogens (tertiary/aromatic N) is 2. The van der Waals surface area contributed by atoms with Gasteiger partial charge in [0.1, 0.15) is 9.88 Å². The highest BCUT2D eigenvalue weighted by Gasteiger charge is 2.30. The SMILES string of the molecule is COC(=O)c1sc(N2CCC(N(C)C)C2)c(SC)c1N. The first-order valence-electron chi connectivity index (χ1n) is 6.45. The first-order chi connectivity index (χ1) is 9.49. The Morgan fingerprint density at radius 1 is 1.55 bits per heavy atom. The van der Waals surface area contributed by atoms with E-state index in [1.165, 1.54) is 18.4 Å². The lowest BCUT2D eigenvalue weighted by Gasteiger charge is -2.21. The summed E-state index contributed by atoms with van der Waals surface area (Å²) in [4.78, 5) is 17.9. The van der Waals surface area contributed by atoms with Crippen LogP contribution in [0.4, 0.5) is 10.7 Å². The topological polar surface area (TPSA) is 58.8 Å². The third-order valence-electron chi connectivity index (χ3n) is 3.64. The molecule has 1 aliphatic heterocycles. The number of thioether (sulfide) groups is 1. The molecule has 20 heavy (non-hydrogen) atoms. The number of ether oxygens (including phenoxy) is 1. The molecule has 112 valence electrons. The molecule has 1 aromatic heterocycles. The molecule has 0 radical (unpaired) electrons. The molecule has 0 aliphatic carbocycles. The summed E-state index contributed by atoms with van der Waals surface area (Å²) in [5, 5.41) is 1.10. The van der Waals surface area contributed by atoms with E-state index >= 15 is 0 Å². The highest BCUT2D eigenvalue weighted by molar-refractivity contribution is 7.99.